The molecule has 1 heteroatoms. The van der Waals surface area contributed by atoms with Gasteiger partial charge in [-0.3, -0.25) is 0 Å². The average Bonchev–Trinajstić information content (AvgIpc) is 2.65. The van der Waals surface area contributed by atoms with Gasteiger partial charge in [0.05, 0.1) is 0 Å². The summed E-state index contributed by atoms with van der Waals surface area (Å²) in [5, 5.41) is 0. The molecule has 64 valence electrons. The van der Waals surface area contributed by atoms with Gasteiger partial charge in [0, 0.05) is 24.0 Å². The van der Waals surface area contributed by atoms with Gasteiger partial charge in [0.1, 0.15) is 0 Å². The number of aromatic nitrogens is 1. The van der Waals surface area contributed by atoms with Crippen LogP contribution in [0, 0.1) is 0 Å². The molecule has 3 rings (SSSR count). The summed E-state index contributed by atoms with van der Waals surface area (Å²) in [7, 11) is 0. The zero-order valence-electron chi connectivity index (χ0n) is 7.40. The Labute approximate surface area is 77.6 Å². The smallest absolute Gasteiger partial charge is 0.0483 e. The van der Waals surface area contributed by atoms with Crippen LogP contribution in [0.25, 0.3) is 11.3 Å². The molecule has 0 saturated carbocycles. The van der Waals surface area contributed by atoms with Crippen molar-refractivity contribution in [2.75, 3.05) is 0 Å². The summed E-state index contributed by atoms with van der Waals surface area (Å²) in [6.07, 6.45) is 3.32. The van der Waals surface area contributed by atoms with E-state index >= 15 is 0 Å². The summed E-state index contributed by atoms with van der Waals surface area (Å²) in [6, 6.07) is 13.0. The third kappa shape index (κ3) is 0.934. The van der Waals surface area contributed by atoms with Crippen molar-refractivity contribution < 1.29 is 0 Å². The van der Waals surface area contributed by atoms with Gasteiger partial charge in [0.2, 0.25) is 0 Å². The van der Waals surface area contributed by atoms with E-state index in [0.717, 1.165) is 13.0 Å². The lowest BCUT2D eigenvalue weighted by Crippen LogP contribution is -2.08. The maximum Gasteiger partial charge on any atom is 0.0483 e. The van der Waals surface area contributed by atoms with Crippen LogP contribution >= 0.6 is 0 Å². The Morgan fingerprint density at radius 2 is 1.92 bits per heavy atom. The topological polar surface area (TPSA) is 4.93 Å². The van der Waals surface area contributed by atoms with Crippen LogP contribution in [0.1, 0.15) is 5.56 Å². The molecule has 0 bridgehead atoms. The van der Waals surface area contributed by atoms with Gasteiger partial charge in [-0.15, -0.1) is 0 Å². The maximum atomic E-state index is 2.32. The highest BCUT2D eigenvalue weighted by Gasteiger charge is 2.13. The Bertz CT molecular complexity index is 440. The van der Waals surface area contributed by atoms with E-state index in [1.807, 2.05) is 0 Å². The monoisotopic (exact) mass is 169 g/mol. The standard InChI is InChI=1S/C12H11N/c1-2-5-11-10(4-1)7-9-13-8-3-6-12(11)13/h1-6,8H,7,9H2. The van der Waals surface area contributed by atoms with Crippen molar-refractivity contribution in [2.45, 2.75) is 13.0 Å². The lowest BCUT2D eigenvalue weighted by molar-refractivity contribution is 0.689. The molecular weight excluding hydrogens is 158 g/mol. The molecule has 2 heterocycles. The van der Waals surface area contributed by atoms with Gasteiger partial charge < -0.3 is 4.57 Å². The van der Waals surface area contributed by atoms with E-state index in [-0.39, 0.29) is 0 Å². The zero-order valence-corrected chi connectivity index (χ0v) is 7.40. The van der Waals surface area contributed by atoms with Crippen molar-refractivity contribution in [3.05, 3.63) is 48.2 Å². The van der Waals surface area contributed by atoms with Crippen LogP contribution in [0.2, 0.25) is 0 Å². The number of hydrogen-bond acceptors (Lipinski definition) is 0. The normalized spacial score (nSPS) is 13.5. The molecule has 0 fully saturated rings. The quantitative estimate of drug-likeness (QED) is 0.571. The Balaban J connectivity index is 2.30. The largest absolute Gasteiger partial charge is 0.347 e. The lowest BCUT2D eigenvalue weighted by Gasteiger charge is -2.18. The first-order chi connectivity index (χ1) is 6.45. The minimum atomic E-state index is 1.12. The van der Waals surface area contributed by atoms with Crippen molar-refractivity contribution in [3.63, 3.8) is 0 Å². The Hall–Kier alpha value is -1.50. The van der Waals surface area contributed by atoms with E-state index in [9.17, 15) is 0 Å². The molecular formula is C12H11N. The van der Waals surface area contributed by atoms with Crippen LogP contribution in [-0.2, 0) is 13.0 Å². The molecule has 0 unspecified atom stereocenters. The summed E-state index contributed by atoms with van der Waals surface area (Å²) in [6.45, 7) is 1.12. The maximum absolute atomic E-state index is 2.32. The number of hydrogen-bond donors (Lipinski definition) is 0. The van der Waals surface area contributed by atoms with Gasteiger partial charge in [0.25, 0.3) is 0 Å². The van der Waals surface area contributed by atoms with Crippen molar-refractivity contribution >= 4 is 0 Å². The summed E-state index contributed by atoms with van der Waals surface area (Å²) < 4.78 is 2.32. The van der Waals surface area contributed by atoms with Crippen LogP contribution in [0.15, 0.2) is 42.6 Å². The third-order valence-corrected chi connectivity index (χ3v) is 2.74. The van der Waals surface area contributed by atoms with Crippen LogP contribution in [0.3, 0.4) is 0 Å². The number of nitrogens with zero attached hydrogens (tertiary/aromatic N) is 1. The second-order valence-electron chi connectivity index (χ2n) is 3.49. The SMILES string of the molecule is c1ccc2c(c1)CCn1cccc1-2. The fourth-order valence-corrected chi connectivity index (χ4v) is 2.08. The zero-order chi connectivity index (χ0) is 8.67. The Morgan fingerprint density at radius 1 is 1.00 bits per heavy atom. The molecule has 0 spiro atoms. The third-order valence-electron chi connectivity index (χ3n) is 2.74. The summed E-state index contributed by atoms with van der Waals surface area (Å²) in [4.78, 5) is 0. The minimum Gasteiger partial charge on any atom is -0.347 e. The van der Waals surface area contributed by atoms with Gasteiger partial charge in [-0.25, -0.2) is 0 Å². The van der Waals surface area contributed by atoms with Crippen LogP contribution in [0.5, 0.6) is 0 Å². The van der Waals surface area contributed by atoms with Crippen LogP contribution < -0.4 is 0 Å². The van der Waals surface area contributed by atoms with Crippen LogP contribution in [-0.4, -0.2) is 4.57 Å². The molecule has 0 N–H and O–H groups in total. The molecule has 0 saturated heterocycles. The first-order valence-electron chi connectivity index (χ1n) is 4.68. The van der Waals surface area contributed by atoms with Crippen molar-refractivity contribution in [1.82, 2.24) is 4.57 Å². The lowest BCUT2D eigenvalue weighted by atomic mass is 9.99. The number of rotatable bonds is 0. The minimum absolute atomic E-state index is 1.12. The number of benzene rings is 1. The van der Waals surface area contributed by atoms with E-state index in [2.05, 4.69) is 47.2 Å². The summed E-state index contributed by atoms with van der Waals surface area (Å²) >= 11 is 0. The van der Waals surface area contributed by atoms with E-state index in [1.165, 1.54) is 16.8 Å². The Morgan fingerprint density at radius 3 is 2.92 bits per heavy atom. The van der Waals surface area contributed by atoms with Gasteiger partial charge in [-0.05, 0) is 24.1 Å². The van der Waals surface area contributed by atoms with E-state index in [1.54, 1.807) is 0 Å². The highest BCUT2D eigenvalue weighted by Crippen LogP contribution is 2.28. The average molecular weight is 169 g/mol. The van der Waals surface area contributed by atoms with E-state index in [0.29, 0.717) is 0 Å². The first kappa shape index (κ1) is 6.96. The van der Waals surface area contributed by atoms with Crippen molar-refractivity contribution in [2.24, 2.45) is 0 Å². The van der Waals surface area contributed by atoms with Gasteiger partial charge in [-0.2, -0.15) is 0 Å². The molecule has 2 aromatic rings. The highest BCUT2D eigenvalue weighted by molar-refractivity contribution is 5.65. The van der Waals surface area contributed by atoms with Gasteiger partial charge >= 0.3 is 0 Å². The molecule has 1 aromatic heterocycles. The van der Waals surface area contributed by atoms with E-state index < -0.39 is 0 Å². The predicted octanol–water partition coefficient (Wildman–Crippen LogP) is 2.71. The van der Waals surface area contributed by atoms with Gasteiger partial charge in [-0.1, -0.05) is 24.3 Å². The molecule has 1 nitrogen and oxygen atoms in total. The molecule has 0 atom stereocenters. The second-order valence-corrected chi connectivity index (χ2v) is 3.49. The predicted molar refractivity (Wildman–Crippen MR) is 53.6 cm³/mol. The summed E-state index contributed by atoms with van der Waals surface area (Å²) in [5.41, 5.74) is 4.24. The molecule has 1 aromatic carbocycles. The molecule has 13 heavy (non-hydrogen) atoms. The first-order valence-corrected chi connectivity index (χ1v) is 4.68. The molecule has 1 aliphatic heterocycles. The number of aryl methyl sites for hydroxylation is 2. The Kier molecular flexibility index (Phi) is 1.33. The number of fused-ring (bicyclic) bond motifs is 3. The van der Waals surface area contributed by atoms with Crippen molar-refractivity contribution in [1.29, 1.82) is 0 Å². The summed E-state index contributed by atoms with van der Waals surface area (Å²) in [5.74, 6) is 0. The van der Waals surface area contributed by atoms with Gasteiger partial charge in [0.15, 0.2) is 0 Å². The van der Waals surface area contributed by atoms with Crippen LogP contribution in [0.4, 0.5) is 0 Å². The fourth-order valence-electron chi connectivity index (χ4n) is 2.08. The van der Waals surface area contributed by atoms with E-state index in [4.69, 9.17) is 0 Å². The molecule has 1 aliphatic rings. The molecule has 0 radical (unpaired) electrons. The fraction of sp³-hybridized carbons (Fsp3) is 0.167. The second kappa shape index (κ2) is 2.49. The molecule has 0 aliphatic carbocycles. The van der Waals surface area contributed by atoms with Crippen molar-refractivity contribution in [3.8, 4) is 11.3 Å². The molecule has 0 amide bonds. The highest BCUT2D eigenvalue weighted by atomic mass is 15.0.